The van der Waals surface area contributed by atoms with Gasteiger partial charge in [-0.3, -0.25) is 4.98 Å². The van der Waals surface area contributed by atoms with E-state index in [0.717, 1.165) is 0 Å². The van der Waals surface area contributed by atoms with Gasteiger partial charge in [0.25, 0.3) is 0 Å². The summed E-state index contributed by atoms with van der Waals surface area (Å²) in [4.78, 5) is 4.20. The van der Waals surface area contributed by atoms with Gasteiger partial charge in [0.1, 0.15) is 0 Å². The molecule has 3 rings (SSSR count). The first-order chi connectivity index (χ1) is 13.3. The number of fused-ring (bicyclic) bond motifs is 1. The van der Waals surface area contributed by atoms with Crippen molar-refractivity contribution >= 4 is 10.8 Å². The molecule has 1 aromatic heterocycles. The monoisotopic (exact) mass is 345 g/mol. The Bertz CT molecular complexity index is 1020. The summed E-state index contributed by atoms with van der Waals surface area (Å²) in [5.74, 6) is 1.87. The summed E-state index contributed by atoms with van der Waals surface area (Å²) in [6.07, 6.45) is -2.03. The summed E-state index contributed by atoms with van der Waals surface area (Å²) in [7, 11) is 6.05. The Kier molecular flexibility index (Phi) is 3.90. The summed E-state index contributed by atoms with van der Waals surface area (Å²) in [5, 5.41) is 1.17. The number of hydrogen-bond donors (Lipinski definition) is 0. The van der Waals surface area contributed by atoms with Crippen LogP contribution in [0.1, 0.15) is 15.4 Å². The van der Waals surface area contributed by atoms with Crippen molar-refractivity contribution in [1.29, 1.82) is 0 Å². The lowest BCUT2D eigenvalue weighted by Gasteiger charge is -2.12. The topological polar surface area (TPSA) is 49.8 Å². The molecule has 0 unspecified atom stereocenters. The largest absolute Gasteiger partial charge is 0.493 e. The smallest absolute Gasteiger partial charge is 0.161 e. The minimum Gasteiger partial charge on any atom is -0.493 e. The van der Waals surface area contributed by atoms with Crippen LogP contribution in [0.5, 0.6) is 23.0 Å². The lowest BCUT2D eigenvalue weighted by atomic mass is 10.0. The third-order valence-electron chi connectivity index (χ3n) is 3.85. The maximum absolute atomic E-state index is 8.76. The molecule has 1 heterocycles. The fraction of sp³-hybridized carbons (Fsp3) is 0.250. The maximum atomic E-state index is 8.76. The Balaban J connectivity index is 2.26. The Hall–Kier alpha value is -2.95. The van der Waals surface area contributed by atoms with Gasteiger partial charge < -0.3 is 18.9 Å². The molecule has 25 heavy (non-hydrogen) atoms. The van der Waals surface area contributed by atoms with E-state index >= 15 is 0 Å². The molecule has 0 aliphatic heterocycles. The number of hydrogen-bond acceptors (Lipinski definition) is 5. The van der Waals surface area contributed by atoms with Crippen LogP contribution in [0, 0.1) is 0 Å². The van der Waals surface area contributed by atoms with Gasteiger partial charge >= 0.3 is 0 Å². The molecule has 3 aromatic rings. The number of benzene rings is 2. The predicted octanol–water partition coefficient (Wildman–Crippen LogP) is 3.86. The molecule has 0 N–H and O–H groups in total. The van der Waals surface area contributed by atoms with Crippen LogP contribution in [-0.4, -0.2) is 33.4 Å². The van der Waals surface area contributed by atoms with Gasteiger partial charge in [0.05, 0.1) is 35.5 Å². The first-order valence-corrected chi connectivity index (χ1v) is 7.62. The summed E-state index contributed by atoms with van der Waals surface area (Å²) in [6, 6.07) is 9.78. The zero-order chi connectivity index (χ0) is 20.5. The van der Waals surface area contributed by atoms with Crippen molar-refractivity contribution in [1.82, 2.24) is 4.98 Å². The first-order valence-electron chi connectivity index (χ1n) is 9.12. The van der Waals surface area contributed by atoms with Gasteiger partial charge in [-0.25, -0.2) is 0 Å². The lowest BCUT2D eigenvalue weighted by molar-refractivity contribution is 0.354. The molecule has 0 fully saturated rings. The van der Waals surface area contributed by atoms with Crippen molar-refractivity contribution in [3.8, 4) is 23.0 Å². The van der Waals surface area contributed by atoms with E-state index < -0.39 is 6.37 Å². The molecule has 130 valence electrons. The van der Waals surface area contributed by atoms with E-state index in [1.54, 1.807) is 36.4 Å². The van der Waals surface area contributed by atoms with Gasteiger partial charge in [-0.1, -0.05) is 6.07 Å². The maximum Gasteiger partial charge on any atom is 0.161 e. The quantitative estimate of drug-likeness (QED) is 0.679. The fourth-order valence-corrected chi connectivity index (χ4v) is 2.59. The van der Waals surface area contributed by atoms with Gasteiger partial charge in [-0.05, 0) is 41.3 Å². The molecule has 0 spiro atoms. The Morgan fingerprint density at radius 1 is 0.840 bits per heavy atom. The lowest BCUT2D eigenvalue weighted by Crippen LogP contribution is -1.97. The average molecular weight is 345 g/mol. The highest BCUT2D eigenvalue weighted by molar-refractivity contribution is 5.88. The SMILES string of the molecule is [3H]c1cc2cc(OC)c(OC)cc2c(C([3H])([3H])c2ccc(OC)c(OC)c2)n1. The van der Waals surface area contributed by atoms with Crippen LogP contribution >= 0.6 is 0 Å². The van der Waals surface area contributed by atoms with Crippen LogP contribution in [0.3, 0.4) is 0 Å². The van der Waals surface area contributed by atoms with Crippen molar-refractivity contribution in [2.45, 2.75) is 6.37 Å². The van der Waals surface area contributed by atoms with Crippen LogP contribution in [0.4, 0.5) is 0 Å². The van der Waals surface area contributed by atoms with Crippen molar-refractivity contribution in [2.24, 2.45) is 0 Å². The van der Waals surface area contributed by atoms with E-state index in [9.17, 15) is 0 Å². The molecule has 0 bridgehead atoms. The van der Waals surface area contributed by atoms with Gasteiger partial charge in [-0.2, -0.15) is 0 Å². The molecule has 0 amide bonds. The van der Waals surface area contributed by atoms with Crippen molar-refractivity contribution in [3.05, 3.63) is 53.8 Å². The van der Waals surface area contributed by atoms with Crippen molar-refractivity contribution in [3.63, 3.8) is 0 Å². The summed E-state index contributed by atoms with van der Waals surface area (Å²) in [5.41, 5.74) is 0.447. The van der Waals surface area contributed by atoms with Gasteiger partial charge in [0.2, 0.25) is 0 Å². The van der Waals surface area contributed by atoms with E-state index in [-0.39, 0.29) is 11.9 Å². The molecule has 0 aliphatic rings. The molecule has 0 radical (unpaired) electrons. The van der Waals surface area contributed by atoms with Crippen LogP contribution in [-0.2, 0) is 6.37 Å². The molecule has 0 aliphatic carbocycles. The van der Waals surface area contributed by atoms with Gasteiger partial charge in [-0.15, -0.1) is 0 Å². The van der Waals surface area contributed by atoms with Crippen LogP contribution in [0.2, 0.25) is 0 Å². The molecular formula is C20H21NO4. The summed E-state index contributed by atoms with van der Waals surface area (Å²) >= 11 is 0. The number of methoxy groups -OCH3 is 4. The highest BCUT2D eigenvalue weighted by atomic mass is 16.5. The number of nitrogens with zero attached hydrogens (tertiary/aromatic N) is 1. The third-order valence-corrected chi connectivity index (χ3v) is 3.85. The molecular weight excluding hydrogens is 318 g/mol. The van der Waals surface area contributed by atoms with E-state index in [1.165, 1.54) is 28.4 Å². The second-order valence-electron chi connectivity index (χ2n) is 5.22. The Morgan fingerprint density at radius 2 is 1.48 bits per heavy atom. The standard InChI is InChI=1S/C20H21NO4/c1-22-17-6-5-13(10-18(17)23-2)9-16-15-12-20(25-4)19(24-3)11-14(15)7-8-21-16/h5-8,10-12H,9H2,1-4H3/i8T,9T2. The zero-order valence-corrected chi connectivity index (χ0v) is 14.5. The second-order valence-corrected chi connectivity index (χ2v) is 5.22. The van der Waals surface area contributed by atoms with Crippen LogP contribution < -0.4 is 18.9 Å². The van der Waals surface area contributed by atoms with E-state index in [0.29, 0.717) is 39.3 Å². The first kappa shape index (κ1) is 13.4. The molecule has 0 saturated carbocycles. The van der Waals surface area contributed by atoms with E-state index in [1.807, 2.05) is 0 Å². The van der Waals surface area contributed by atoms with Crippen LogP contribution in [0.15, 0.2) is 42.6 Å². The minimum atomic E-state index is -1.99. The average Bonchev–Trinajstić information content (AvgIpc) is 2.71. The number of rotatable bonds is 6. The third kappa shape index (κ3) is 3.31. The summed E-state index contributed by atoms with van der Waals surface area (Å²) < 4.78 is 46.8. The minimum absolute atomic E-state index is 0.0425. The highest BCUT2D eigenvalue weighted by Gasteiger charge is 2.11. The molecule has 0 saturated heterocycles. The molecule has 0 atom stereocenters. The van der Waals surface area contributed by atoms with Gasteiger partial charge in [0, 0.05) is 20.7 Å². The Labute approximate surface area is 151 Å². The number of aromatic nitrogens is 1. The zero-order valence-electron chi connectivity index (χ0n) is 17.5. The van der Waals surface area contributed by atoms with Gasteiger partial charge in [0.15, 0.2) is 23.0 Å². The number of pyridine rings is 1. The summed E-state index contributed by atoms with van der Waals surface area (Å²) in [6.45, 7) is 0. The van der Waals surface area contributed by atoms with E-state index in [2.05, 4.69) is 4.98 Å². The second kappa shape index (κ2) is 7.30. The van der Waals surface area contributed by atoms with Crippen molar-refractivity contribution in [2.75, 3.05) is 28.4 Å². The Morgan fingerprint density at radius 3 is 2.16 bits per heavy atom. The number of ether oxygens (including phenoxy) is 4. The van der Waals surface area contributed by atoms with Crippen LogP contribution in [0.25, 0.3) is 10.8 Å². The molecule has 5 nitrogen and oxygen atoms in total. The normalized spacial score (nSPS) is 12.9. The molecule has 2 aromatic carbocycles. The fourth-order valence-electron chi connectivity index (χ4n) is 2.59. The molecule has 5 heteroatoms. The van der Waals surface area contributed by atoms with Crippen molar-refractivity contribution < 1.29 is 23.1 Å². The van der Waals surface area contributed by atoms with E-state index in [4.69, 9.17) is 23.1 Å². The predicted molar refractivity (Wildman–Crippen MR) is 97.2 cm³/mol. The highest BCUT2D eigenvalue weighted by Crippen LogP contribution is 2.34.